The van der Waals surface area contributed by atoms with Crippen LogP contribution < -0.4 is 15.0 Å². The van der Waals surface area contributed by atoms with E-state index in [1.165, 1.54) is 38.0 Å². The van der Waals surface area contributed by atoms with E-state index in [1.54, 1.807) is 51.4 Å². The van der Waals surface area contributed by atoms with Gasteiger partial charge in [-0.3, -0.25) is 14.9 Å². The lowest BCUT2D eigenvalue weighted by Crippen LogP contribution is -2.63. The summed E-state index contributed by atoms with van der Waals surface area (Å²) < 4.78 is 29.2. The van der Waals surface area contributed by atoms with Crippen molar-refractivity contribution in [3.63, 3.8) is 0 Å². The minimum Gasteiger partial charge on any atom is -0.495 e. The van der Waals surface area contributed by atoms with Crippen molar-refractivity contribution in [1.29, 1.82) is 0 Å². The molecule has 4 bridgehead atoms. The van der Waals surface area contributed by atoms with Gasteiger partial charge in [-0.1, -0.05) is 53.5 Å². The zero-order valence-corrected chi connectivity index (χ0v) is 32.8. The van der Waals surface area contributed by atoms with E-state index < -0.39 is 75.1 Å². The van der Waals surface area contributed by atoms with Crippen molar-refractivity contribution < 1.29 is 48.0 Å². The van der Waals surface area contributed by atoms with Crippen LogP contribution in [0.3, 0.4) is 0 Å². The molecular formula is C35H48ClN3O10S2. The number of amides is 3. The Hall–Kier alpha value is -3.08. The third kappa shape index (κ3) is 9.11. The number of alkyl carbamates (subject to hydrolysis) is 1. The maximum atomic E-state index is 14.1. The van der Waals surface area contributed by atoms with Crippen molar-refractivity contribution in [2.75, 3.05) is 45.2 Å². The number of carbonyl (C=O) groups excluding carboxylic acids is 4. The minimum absolute atomic E-state index is 0.0548. The van der Waals surface area contributed by atoms with Gasteiger partial charge in [0, 0.05) is 46.2 Å². The molecule has 2 unspecified atom stereocenters. The molecule has 0 saturated carbocycles. The Bertz CT molecular complexity index is 1620. The Morgan fingerprint density at radius 2 is 1.98 bits per heavy atom. The third-order valence-electron chi connectivity index (χ3n) is 9.84. The van der Waals surface area contributed by atoms with Crippen molar-refractivity contribution in [2.45, 2.75) is 88.7 Å². The van der Waals surface area contributed by atoms with Gasteiger partial charge in [-0.25, -0.2) is 9.59 Å². The molecule has 3 amide bonds. The molecule has 1 aromatic carbocycles. The monoisotopic (exact) mass is 769 g/mol. The largest absolute Gasteiger partial charge is 0.495 e. The van der Waals surface area contributed by atoms with Crippen molar-refractivity contribution in [2.24, 2.45) is 5.92 Å². The van der Waals surface area contributed by atoms with Gasteiger partial charge in [0.25, 0.3) is 0 Å². The highest BCUT2D eigenvalue weighted by Gasteiger charge is 2.64. The van der Waals surface area contributed by atoms with Crippen LogP contribution in [0.1, 0.15) is 46.1 Å². The van der Waals surface area contributed by atoms with Crippen LogP contribution in [0.15, 0.2) is 35.9 Å². The predicted octanol–water partition coefficient (Wildman–Crippen LogP) is 3.22. The number of benzene rings is 1. The Morgan fingerprint density at radius 3 is 2.59 bits per heavy atom. The number of nitrogens with one attached hydrogen (secondary N) is 1. The lowest BCUT2D eigenvalue weighted by molar-refractivity contribution is -0.161. The van der Waals surface area contributed by atoms with Gasteiger partial charge in [0.15, 0.2) is 5.72 Å². The van der Waals surface area contributed by atoms with Crippen LogP contribution >= 0.6 is 11.6 Å². The Morgan fingerprint density at radius 1 is 1.29 bits per heavy atom. The van der Waals surface area contributed by atoms with Crippen molar-refractivity contribution in [3.05, 3.63) is 46.5 Å². The fourth-order valence-corrected chi connectivity index (χ4v) is 8.11. The van der Waals surface area contributed by atoms with Gasteiger partial charge >= 0.3 is 12.1 Å². The molecule has 0 aromatic heterocycles. The van der Waals surface area contributed by atoms with Crippen LogP contribution in [-0.4, -0.2) is 116 Å². The van der Waals surface area contributed by atoms with E-state index in [9.17, 15) is 24.3 Å². The average Bonchev–Trinajstić information content (AvgIpc) is 3.75. The minimum atomic E-state index is -1.83. The lowest BCUT2D eigenvalue weighted by atomic mass is 9.83. The number of ether oxygens (including phenoxy) is 5. The summed E-state index contributed by atoms with van der Waals surface area (Å²) in [6.45, 7) is 6.77. The SMILES string of the molecule is COc1cc2cc(c1Cl)N(C)C(=O)C[C@H](OC(=O)[C@H](CS(C)=S)N(C)C(C)=O)[C@]1(C)OC1[C@H](C)[C@@H]1C[C@@](O)(NC(=O)O1)[C@H](OC)C=CC=C(C)C2. The molecule has 3 aliphatic rings. The molecule has 3 aliphatic heterocycles. The fourth-order valence-electron chi connectivity index (χ4n) is 6.60. The second-order valence-electron chi connectivity index (χ2n) is 13.6. The summed E-state index contributed by atoms with van der Waals surface area (Å²) in [7, 11) is 5.33. The molecular weight excluding hydrogens is 722 g/mol. The van der Waals surface area contributed by atoms with E-state index in [4.69, 9.17) is 46.5 Å². The van der Waals surface area contributed by atoms with Gasteiger partial charge in [0.1, 0.15) is 40.7 Å². The molecule has 0 spiro atoms. The first-order chi connectivity index (χ1) is 23.8. The summed E-state index contributed by atoms with van der Waals surface area (Å²) in [4.78, 5) is 55.8. The molecule has 16 heteroatoms. The lowest BCUT2D eigenvalue weighted by Gasteiger charge is -2.42. The van der Waals surface area contributed by atoms with Gasteiger partial charge in [-0.2, -0.15) is 0 Å². The van der Waals surface area contributed by atoms with Gasteiger partial charge in [-0.05, 0) is 44.2 Å². The zero-order chi connectivity index (χ0) is 38.0. The van der Waals surface area contributed by atoms with E-state index in [-0.39, 0.29) is 29.5 Å². The summed E-state index contributed by atoms with van der Waals surface area (Å²) in [5.74, 6) is -1.52. The number of epoxide rings is 1. The maximum absolute atomic E-state index is 14.1. The summed E-state index contributed by atoms with van der Waals surface area (Å²) >= 11 is 12.1. The first kappa shape index (κ1) is 40.7. The molecule has 2 fully saturated rings. The van der Waals surface area contributed by atoms with Crippen LogP contribution in [0, 0.1) is 5.92 Å². The van der Waals surface area contributed by atoms with Crippen LogP contribution in [-0.2, 0) is 60.4 Å². The molecule has 3 heterocycles. The number of allylic oxidation sites excluding steroid dienone is 3. The van der Waals surface area contributed by atoms with E-state index in [2.05, 4.69) is 5.32 Å². The van der Waals surface area contributed by atoms with Gasteiger partial charge in [-0.15, -0.1) is 9.45 Å². The number of hydrogen-bond acceptors (Lipinski definition) is 11. The van der Waals surface area contributed by atoms with Crippen molar-refractivity contribution in [3.8, 4) is 5.75 Å². The summed E-state index contributed by atoms with van der Waals surface area (Å²) in [6, 6.07) is 2.58. The molecule has 13 nitrogen and oxygen atoms in total. The number of carbonyl (C=O) groups is 4. The number of methoxy groups -OCH3 is 2. The zero-order valence-electron chi connectivity index (χ0n) is 30.4. The summed E-state index contributed by atoms with van der Waals surface area (Å²) in [5, 5.41) is 14.4. The summed E-state index contributed by atoms with van der Waals surface area (Å²) in [5.41, 5.74) is -0.941. The van der Waals surface area contributed by atoms with Crippen LogP contribution in [0.5, 0.6) is 5.75 Å². The topological polar surface area (TPSA) is 156 Å². The Kier molecular flexibility index (Phi) is 13.0. The summed E-state index contributed by atoms with van der Waals surface area (Å²) in [6.07, 6.45) is 2.65. The van der Waals surface area contributed by atoms with E-state index in [0.29, 0.717) is 17.9 Å². The first-order valence-electron chi connectivity index (χ1n) is 16.5. The standard InChI is InChI=1S/C35H48ClN3O10S2/c1-19-11-10-12-27(46-8)35(44)17-26(47-33(43)37-35)20(2)31-34(4,49-31)28(48-32(42)24(18-51(9)50)38(5)21(3)40)16-29(41)39(6)23-14-22(13-19)15-25(45-7)30(23)36/h10-12,14-15,20,24,26-28,31,44H,13,16-18H2,1-9H3,(H,37,43)/t20-,24+,26+,27-,28+,31?,34+,35+,51?/m1/s1. The number of aliphatic hydroxyl groups is 1. The number of fused-ring (bicyclic) bond motifs is 5. The Balaban J connectivity index is 1.81. The number of nitrogens with zero attached hydrogens (tertiary/aromatic N) is 2. The molecule has 51 heavy (non-hydrogen) atoms. The van der Waals surface area contributed by atoms with Crippen LogP contribution in [0.25, 0.3) is 0 Å². The van der Waals surface area contributed by atoms with Crippen LogP contribution in [0.4, 0.5) is 10.5 Å². The predicted molar refractivity (Wildman–Crippen MR) is 196 cm³/mol. The molecule has 0 radical (unpaired) electrons. The highest BCUT2D eigenvalue weighted by molar-refractivity contribution is 8.28. The average molecular weight is 770 g/mol. The van der Waals surface area contributed by atoms with Gasteiger partial charge < -0.3 is 38.6 Å². The van der Waals surface area contributed by atoms with Crippen molar-refractivity contribution in [1.82, 2.24) is 10.2 Å². The van der Waals surface area contributed by atoms with E-state index in [1.807, 2.05) is 13.0 Å². The number of rotatable bonds is 7. The molecule has 9 atom stereocenters. The second kappa shape index (κ2) is 16.3. The maximum Gasteiger partial charge on any atom is 0.409 e. The molecule has 2 saturated heterocycles. The van der Waals surface area contributed by atoms with Crippen LogP contribution in [0.2, 0.25) is 5.02 Å². The molecule has 2 N–H and O–H groups in total. The van der Waals surface area contributed by atoms with Gasteiger partial charge in [0.05, 0.1) is 25.3 Å². The quantitative estimate of drug-likeness (QED) is 0.310. The Labute approximate surface area is 311 Å². The van der Waals surface area contributed by atoms with E-state index >= 15 is 0 Å². The number of likely N-dealkylation sites (N-methyl/N-ethyl adjacent to an activating group) is 1. The molecule has 1 aromatic rings. The molecule has 0 aliphatic carbocycles. The highest BCUT2D eigenvalue weighted by Crippen LogP contribution is 2.49. The normalized spacial score (nSPS) is 30.9. The number of esters is 1. The van der Waals surface area contributed by atoms with Crippen molar-refractivity contribution >= 4 is 61.8 Å². The van der Waals surface area contributed by atoms with Gasteiger partial charge in [0.2, 0.25) is 11.8 Å². The fraction of sp³-hybridized carbons (Fsp3) is 0.600. The van der Waals surface area contributed by atoms with E-state index in [0.717, 1.165) is 11.1 Å². The highest BCUT2D eigenvalue weighted by atomic mass is 35.5. The number of halogens is 1. The molecule has 282 valence electrons. The number of anilines is 1. The smallest absolute Gasteiger partial charge is 0.409 e. The third-order valence-corrected chi connectivity index (χ3v) is 11.4. The number of hydrogen-bond donors (Lipinski definition) is 2. The second-order valence-corrected chi connectivity index (χ2v) is 17.2. The first-order valence-corrected chi connectivity index (χ1v) is 19.6. The molecule has 4 rings (SSSR count).